The molecule has 3 rings (SSSR count). The SMILES string of the molecule is Cc1cc2occ(CC(=O)NNC(=O)c3ccc(Cl)cc3Cl)c2c(C)c1Cl. The van der Waals surface area contributed by atoms with Crippen LogP contribution in [0.5, 0.6) is 0 Å². The molecule has 0 atom stereocenters. The molecule has 2 N–H and O–H groups in total. The lowest BCUT2D eigenvalue weighted by Gasteiger charge is -2.09. The minimum Gasteiger partial charge on any atom is -0.464 e. The second-order valence-corrected chi connectivity index (χ2v) is 7.29. The molecule has 0 spiro atoms. The lowest BCUT2D eigenvalue weighted by atomic mass is 10.0. The van der Waals surface area contributed by atoms with Gasteiger partial charge in [-0.25, -0.2) is 0 Å². The second kappa shape index (κ2) is 7.80. The van der Waals surface area contributed by atoms with Crippen molar-refractivity contribution in [3.8, 4) is 0 Å². The first-order valence-electron chi connectivity index (χ1n) is 7.98. The Labute approximate surface area is 170 Å². The van der Waals surface area contributed by atoms with Crippen LogP contribution in [0.15, 0.2) is 34.9 Å². The van der Waals surface area contributed by atoms with E-state index in [0.29, 0.717) is 21.2 Å². The molecule has 0 aliphatic carbocycles. The van der Waals surface area contributed by atoms with Crippen molar-refractivity contribution in [3.63, 3.8) is 0 Å². The second-order valence-electron chi connectivity index (χ2n) is 6.07. The van der Waals surface area contributed by atoms with Crippen LogP contribution in [0.3, 0.4) is 0 Å². The predicted octanol–water partition coefficient (Wildman–Crippen LogP) is 5.01. The third kappa shape index (κ3) is 4.05. The van der Waals surface area contributed by atoms with Crippen LogP contribution in [0.2, 0.25) is 15.1 Å². The van der Waals surface area contributed by atoms with Crippen LogP contribution in [-0.2, 0) is 11.2 Å². The van der Waals surface area contributed by atoms with Gasteiger partial charge >= 0.3 is 0 Å². The zero-order valence-electron chi connectivity index (χ0n) is 14.5. The number of furan rings is 1. The lowest BCUT2D eigenvalue weighted by Crippen LogP contribution is -2.42. The number of amides is 2. The van der Waals surface area contributed by atoms with E-state index in [2.05, 4.69) is 10.9 Å². The molecule has 1 heterocycles. The molecule has 0 radical (unpaired) electrons. The molecule has 2 amide bonds. The highest BCUT2D eigenvalue weighted by Crippen LogP contribution is 2.32. The summed E-state index contributed by atoms with van der Waals surface area (Å²) in [5.74, 6) is -0.954. The standard InChI is InChI=1S/C19H15Cl3N2O3/c1-9-5-15-17(10(2)18(9)22)11(8-27-15)6-16(25)23-24-19(26)13-4-3-12(20)7-14(13)21/h3-5,7-8H,6H2,1-2H3,(H,23,25)(H,24,26). The Balaban J connectivity index is 1.70. The maximum absolute atomic E-state index is 12.2. The third-order valence-electron chi connectivity index (χ3n) is 4.14. The number of rotatable bonds is 3. The Hall–Kier alpha value is -2.21. The van der Waals surface area contributed by atoms with Gasteiger partial charge in [0, 0.05) is 21.0 Å². The van der Waals surface area contributed by atoms with Gasteiger partial charge in [0.2, 0.25) is 5.91 Å². The van der Waals surface area contributed by atoms with Crippen molar-refractivity contribution in [2.45, 2.75) is 20.3 Å². The molecule has 0 fully saturated rings. The number of halogens is 3. The van der Waals surface area contributed by atoms with Gasteiger partial charge in [-0.3, -0.25) is 20.4 Å². The number of nitrogens with one attached hydrogen (secondary N) is 2. The van der Waals surface area contributed by atoms with Crippen LogP contribution in [0.4, 0.5) is 0 Å². The van der Waals surface area contributed by atoms with E-state index in [-0.39, 0.29) is 17.0 Å². The number of fused-ring (bicyclic) bond motifs is 1. The zero-order chi connectivity index (χ0) is 19.7. The Morgan fingerprint density at radius 1 is 1.07 bits per heavy atom. The van der Waals surface area contributed by atoms with Crippen LogP contribution < -0.4 is 10.9 Å². The molecule has 140 valence electrons. The first-order chi connectivity index (χ1) is 12.8. The fraction of sp³-hybridized carbons (Fsp3) is 0.158. The fourth-order valence-electron chi connectivity index (χ4n) is 2.82. The van der Waals surface area contributed by atoms with Crippen molar-refractivity contribution in [3.05, 3.63) is 67.9 Å². The maximum Gasteiger partial charge on any atom is 0.271 e. The van der Waals surface area contributed by atoms with E-state index < -0.39 is 11.8 Å². The van der Waals surface area contributed by atoms with Gasteiger partial charge in [-0.2, -0.15) is 0 Å². The van der Waals surface area contributed by atoms with Crippen molar-refractivity contribution < 1.29 is 14.0 Å². The molecule has 1 aromatic heterocycles. The molecular weight excluding hydrogens is 411 g/mol. The van der Waals surface area contributed by atoms with Crippen LogP contribution in [0.25, 0.3) is 11.0 Å². The number of hydrogen-bond acceptors (Lipinski definition) is 3. The molecule has 0 saturated heterocycles. The average molecular weight is 426 g/mol. The summed E-state index contributed by atoms with van der Waals surface area (Å²) in [4.78, 5) is 24.4. The number of carbonyl (C=O) groups is 2. The van der Waals surface area contributed by atoms with E-state index >= 15 is 0 Å². The van der Waals surface area contributed by atoms with E-state index in [4.69, 9.17) is 39.2 Å². The summed E-state index contributed by atoms with van der Waals surface area (Å²) in [6.07, 6.45) is 1.53. The molecule has 0 bridgehead atoms. The predicted molar refractivity (Wildman–Crippen MR) is 106 cm³/mol. The Morgan fingerprint density at radius 3 is 2.52 bits per heavy atom. The first kappa shape index (κ1) is 19.5. The fourth-order valence-corrected chi connectivity index (χ4v) is 3.47. The summed E-state index contributed by atoms with van der Waals surface area (Å²) in [5, 5.41) is 2.04. The highest BCUT2D eigenvalue weighted by Gasteiger charge is 2.17. The van der Waals surface area contributed by atoms with Gasteiger partial charge in [0.25, 0.3) is 5.91 Å². The molecular formula is C19H15Cl3N2O3. The topological polar surface area (TPSA) is 71.3 Å². The number of aryl methyl sites for hydroxylation is 2. The molecule has 3 aromatic rings. The summed E-state index contributed by atoms with van der Waals surface area (Å²) in [5.41, 5.74) is 7.99. The van der Waals surface area contributed by atoms with Crippen LogP contribution in [0, 0.1) is 13.8 Å². The highest BCUT2D eigenvalue weighted by atomic mass is 35.5. The Morgan fingerprint density at radius 2 is 1.81 bits per heavy atom. The number of hydrogen-bond donors (Lipinski definition) is 2. The van der Waals surface area contributed by atoms with Crippen molar-refractivity contribution in [1.82, 2.24) is 10.9 Å². The molecule has 2 aromatic carbocycles. The third-order valence-corrected chi connectivity index (χ3v) is 5.27. The van der Waals surface area contributed by atoms with Crippen LogP contribution in [0.1, 0.15) is 27.0 Å². The summed E-state index contributed by atoms with van der Waals surface area (Å²) in [6, 6.07) is 6.29. The van der Waals surface area contributed by atoms with Crippen LogP contribution >= 0.6 is 34.8 Å². The van der Waals surface area contributed by atoms with Gasteiger partial charge in [-0.05, 0) is 49.2 Å². The highest BCUT2D eigenvalue weighted by molar-refractivity contribution is 6.36. The normalized spacial score (nSPS) is 10.9. The van der Waals surface area contributed by atoms with Crippen LogP contribution in [-0.4, -0.2) is 11.8 Å². The Kier molecular flexibility index (Phi) is 5.65. The maximum atomic E-state index is 12.2. The van der Waals surface area contributed by atoms with Gasteiger partial charge in [-0.1, -0.05) is 34.8 Å². The van der Waals surface area contributed by atoms with E-state index in [1.807, 2.05) is 19.9 Å². The molecule has 8 heteroatoms. The summed E-state index contributed by atoms with van der Waals surface area (Å²) in [6.45, 7) is 3.76. The summed E-state index contributed by atoms with van der Waals surface area (Å²) in [7, 11) is 0. The Bertz CT molecular complexity index is 1060. The minimum atomic E-state index is -0.545. The number of carbonyl (C=O) groups excluding carboxylic acids is 2. The monoisotopic (exact) mass is 424 g/mol. The molecule has 0 aliphatic heterocycles. The average Bonchev–Trinajstić information content (AvgIpc) is 3.00. The first-order valence-corrected chi connectivity index (χ1v) is 9.11. The minimum absolute atomic E-state index is 0.0157. The van der Waals surface area contributed by atoms with Gasteiger partial charge in [-0.15, -0.1) is 0 Å². The molecule has 0 aliphatic rings. The van der Waals surface area contributed by atoms with Crippen molar-refractivity contribution in [2.75, 3.05) is 0 Å². The summed E-state index contributed by atoms with van der Waals surface area (Å²) < 4.78 is 5.53. The summed E-state index contributed by atoms with van der Waals surface area (Å²) >= 11 is 18.1. The number of hydrazine groups is 1. The molecule has 0 unspecified atom stereocenters. The quantitative estimate of drug-likeness (QED) is 0.579. The van der Waals surface area contributed by atoms with Gasteiger partial charge in [0.1, 0.15) is 5.58 Å². The smallest absolute Gasteiger partial charge is 0.271 e. The number of benzene rings is 2. The molecule has 5 nitrogen and oxygen atoms in total. The van der Waals surface area contributed by atoms with E-state index in [1.165, 1.54) is 24.5 Å². The van der Waals surface area contributed by atoms with Crippen molar-refractivity contribution in [2.24, 2.45) is 0 Å². The molecule has 0 saturated carbocycles. The largest absolute Gasteiger partial charge is 0.464 e. The lowest BCUT2D eigenvalue weighted by molar-refractivity contribution is -0.121. The van der Waals surface area contributed by atoms with E-state index in [0.717, 1.165) is 16.5 Å². The van der Waals surface area contributed by atoms with Gasteiger partial charge < -0.3 is 4.42 Å². The van der Waals surface area contributed by atoms with E-state index in [9.17, 15) is 9.59 Å². The molecule has 27 heavy (non-hydrogen) atoms. The van der Waals surface area contributed by atoms with Gasteiger partial charge in [0.05, 0.1) is 23.3 Å². The van der Waals surface area contributed by atoms with Gasteiger partial charge in [0.15, 0.2) is 0 Å². The zero-order valence-corrected chi connectivity index (χ0v) is 16.7. The van der Waals surface area contributed by atoms with E-state index in [1.54, 1.807) is 0 Å². The van der Waals surface area contributed by atoms with Crippen molar-refractivity contribution in [1.29, 1.82) is 0 Å². The van der Waals surface area contributed by atoms with Crippen molar-refractivity contribution >= 4 is 57.6 Å².